The number of aryl methyl sites for hydroxylation is 2. The Balaban J connectivity index is 1.40. The molecule has 2 heterocycles. The summed E-state index contributed by atoms with van der Waals surface area (Å²) < 4.78 is 22.5. The first-order valence-corrected chi connectivity index (χ1v) is 14.2. The lowest BCUT2D eigenvalue weighted by Gasteiger charge is -2.41. The van der Waals surface area contributed by atoms with E-state index in [1.165, 1.54) is 24.3 Å². The van der Waals surface area contributed by atoms with Crippen LogP contribution in [0.15, 0.2) is 48.5 Å². The summed E-state index contributed by atoms with van der Waals surface area (Å²) >= 11 is 0. The van der Waals surface area contributed by atoms with Crippen molar-refractivity contribution in [1.29, 1.82) is 0 Å². The number of rotatable bonds is 14. The molecule has 0 unspecified atom stereocenters. The molecule has 10 atom stereocenters. The third-order valence-electron chi connectivity index (χ3n) is 7.69. The van der Waals surface area contributed by atoms with Gasteiger partial charge in [0.2, 0.25) is 0 Å². The van der Waals surface area contributed by atoms with Crippen molar-refractivity contribution in [3.63, 3.8) is 0 Å². The van der Waals surface area contributed by atoms with Crippen LogP contribution in [0.3, 0.4) is 0 Å². The maximum atomic E-state index is 13.0. The minimum atomic E-state index is -1.69. The van der Waals surface area contributed by atoms with Crippen LogP contribution in [-0.2, 0) is 36.6 Å². The Kier molecular flexibility index (Phi) is 11.9. The quantitative estimate of drug-likeness (QED) is 0.133. The van der Waals surface area contributed by atoms with Crippen molar-refractivity contribution >= 4 is 5.78 Å². The highest BCUT2D eigenvalue weighted by atomic mass is 16.7. The Morgan fingerprint density at radius 2 is 1.26 bits per heavy atom. The van der Waals surface area contributed by atoms with Crippen molar-refractivity contribution < 1.29 is 64.6 Å². The predicted octanol–water partition coefficient (Wildman–Crippen LogP) is -0.729. The third kappa shape index (κ3) is 8.92. The molecular formula is C30H40O13. The molecule has 0 bridgehead atoms. The van der Waals surface area contributed by atoms with Crippen molar-refractivity contribution in [3.05, 3.63) is 59.7 Å². The number of carbonyl (C=O) groups is 1. The topological polar surface area (TPSA) is 216 Å². The summed E-state index contributed by atoms with van der Waals surface area (Å²) in [6.45, 7) is -0.984. The zero-order chi connectivity index (χ0) is 31.1. The van der Waals surface area contributed by atoms with Crippen LogP contribution in [0.4, 0.5) is 0 Å². The van der Waals surface area contributed by atoms with Crippen molar-refractivity contribution in [2.24, 2.45) is 0 Å². The van der Waals surface area contributed by atoms with Crippen LogP contribution in [0.2, 0.25) is 0 Å². The summed E-state index contributed by atoms with van der Waals surface area (Å²) in [6, 6.07) is 13.1. The number of phenolic OH excluding ortho intramolecular Hbond substituents is 2. The van der Waals surface area contributed by atoms with E-state index in [4.69, 9.17) is 18.9 Å². The van der Waals surface area contributed by atoms with E-state index in [1.54, 1.807) is 24.3 Å². The first-order chi connectivity index (χ1) is 20.5. The van der Waals surface area contributed by atoms with Gasteiger partial charge in [0, 0.05) is 12.8 Å². The number of Topliss-reactive ketones (excluding diaryl/α,β-unsaturated/α-hetero) is 1. The van der Waals surface area contributed by atoms with Gasteiger partial charge in [-0.25, -0.2) is 0 Å². The zero-order valence-corrected chi connectivity index (χ0v) is 23.5. The van der Waals surface area contributed by atoms with Crippen molar-refractivity contribution in [2.75, 3.05) is 13.2 Å². The van der Waals surface area contributed by atoms with E-state index in [2.05, 4.69) is 0 Å². The molecule has 4 rings (SSSR count). The highest BCUT2D eigenvalue weighted by Gasteiger charge is 2.47. The number of hydrogen-bond acceptors (Lipinski definition) is 13. The average molecular weight is 609 g/mol. The average Bonchev–Trinajstić information content (AvgIpc) is 3.28. The number of aliphatic hydroxyl groups excluding tert-OH is 6. The summed E-state index contributed by atoms with van der Waals surface area (Å²) in [5, 5.41) is 80.1. The van der Waals surface area contributed by atoms with E-state index in [0.717, 1.165) is 11.1 Å². The number of ether oxygens (including phenoxy) is 4. The number of carbonyl (C=O) groups excluding carboxylic acids is 1. The molecule has 0 radical (unpaired) electrons. The highest BCUT2D eigenvalue weighted by Crippen LogP contribution is 2.28. The molecule has 0 aromatic heterocycles. The van der Waals surface area contributed by atoms with Gasteiger partial charge in [0.25, 0.3) is 0 Å². The zero-order valence-electron chi connectivity index (χ0n) is 23.5. The number of hydrogen-bond donors (Lipinski definition) is 8. The SMILES string of the molecule is O=C(CCc1ccc(O)cc1)C[C@H](CCc1ccc(O)cc1)O[C@@H]1O[C@H](CO[C@@H]2O[C@H](CO)[C@@H](O)[C@H]2O)[C@@H](O)[C@H](O)[C@H]1O. The number of benzene rings is 2. The first-order valence-electron chi connectivity index (χ1n) is 14.2. The van der Waals surface area contributed by atoms with Crippen molar-refractivity contribution in [3.8, 4) is 11.5 Å². The van der Waals surface area contributed by atoms with Gasteiger partial charge in [0.05, 0.1) is 19.3 Å². The molecule has 8 N–H and O–H groups in total. The van der Waals surface area contributed by atoms with Gasteiger partial charge in [0.15, 0.2) is 12.6 Å². The summed E-state index contributed by atoms with van der Waals surface area (Å²) in [5.41, 5.74) is 1.74. The van der Waals surface area contributed by atoms with Crippen LogP contribution in [-0.4, -0.2) is 121 Å². The van der Waals surface area contributed by atoms with Crippen LogP contribution >= 0.6 is 0 Å². The number of aromatic hydroxyl groups is 2. The Labute approximate surface area is 248 Å². The Morgan fingerprint density at radius 1 is 0.721 bits per heavy atom. The van der Waals surface area contributed by atoms with E-state index < -0.39 is 74.6 Å². The van der Waals surface area contributed by atoms with Gasteiger partial charge in [-0.2, -0.15) is 0 Å². The summed E-state index contributed by atoms with van der Waals surface area (Å²) in [6.07, 6.45) is -12.3. The van der Waals surface area contributed by atoms with Gasteiger partial charge < -0.3 is 59.8 Å². The Hall–Kier alpha value is -2.69. The fourth-order valence-corrected chi connectivity index (χ4v) is 5.06. The van der Waals surface area contributed by atoms with E-state index in [0.29, 0.717) is 19.3 Å². The van der Waals surface area contributed by atoms with Crippen LogP contribution in [0.5, 0.6) is 11.5 Å². The molecule has 2 aliphatic heterocycles. The molecule has 13 nitrogen and oxygen atoms in total. The number of phenols is 2. The van der Waals surface area contributed by atoms with Gasteiger partial charge in [-0.3, -0.25) is 4.79 Å². The molecule has 238 valence electrons. The summed E-state index contributed by atoms with van der Waals surface area (Å²) in [5.74, 6) is 0.107. The van der Waals surface area contributed by atoms with Gasteiger partial charge in [-0.1, -0.05) is 24.3 Å². The van der Waals surface area contributed by atoms with Crippen LogP contribution in [0.1, 0.15) is 30.4 Å². The lowest BCUT2D eigenvalue weighted by molar-refractivity contribution is -0.319. The first kappa shape index (κ1) is 33.2. The largest absolute Gasteiger partial charge is 0.508 e. The van der Waals surface area contributed by atoms with Crippen LogP contribution < -0.4 is 0 Å². The second-order valence-corrected chi connectivity index (χ2v) is 10.9. The molecule has 43 heavy (non-hydrogen) atoms. The molecule has 0 saturated carbocycles. The van der Waals surface area contributed by atoms with Gasteiger partial charge in [-0.15, -0.1) is 0 Å². The maximum Gasteiger partial charge on any atom is 0.186 e. The van der Waals surface area contributed by atoms with Crippen molar-refractivity contribution in [1.82, 2.24) is 0 Å². The maximum absolute atomic E-state index is 13.0. The molecule has 0 amide bonds. The minimum absolute atomic E-state index is 0.0366. The van der Waals surface area contributed by atoms with Crippen molar-refractivity contribution in [2.45, 2.75) is 93.5 Å². The lowest BCUT2D eigenvalue weighted by Crippen LogP contribution is -2.60. The normalized spacial score (nSPS) is 31.6. The Bertz CT molecular complexity index is 1140. The summed E-state index contributed by atoms with van der Waals surface area (Å²) in [7, 11) is 0. The fraction of sp³-hybridized carbons (Fsp3) is 0.567. The third-order valence-corrected chi connectivity index (χ3v) is 7.69. The molecule has 2 aromatic rings. The summed E-state index contributed by atoms with van der Waals surface area (Å²) in [4.78, 5) is 13.0. The number of aliphatic hydroxyl groups is 6. The number of ketones is 1. The molecule has 2 saturated heterocycles. The molecule has 2 aromatic carbocycles. The molecule has 2 fully saturated rings. The molecule has 13 heteroatoms. The standard InChI is InChI=1S/C30H40O13/c31-14-22-24(35)27(38)29(42-22)40-15-23-25(36)26(37)28(39)30(43-23)41-21(12-6-17-3-9-19(33)10-4-17)13-20(34)11-5-16-1-7-18(32)8-2-16/h1-4,7-10,21-33,35-39H,5-6,11-15H2/t21-,22+,23+,24+,25+,26-,27+,28+,29+,30+/m0/s1. The van der Waals surface area contributed by atoms with E-state index >= 15 is 0 Å². The molecular weight excluding hydrogens is 568 g/mol. The lowest BCUT2D eigenvalue weighted by atomic mass is 9.98. The minimum Gasteiger partial charge on any atom is -0.508 e. The van der Waals surface area contributed by atoms with Gasteiger partial charge in [-0.05, 0) is 54.7 Å². The Morgan fingerprint density at radius 3 is 1.84 bits per heavy atom. The van der Waals surface area contributed by atoms with E-state index in [1.807, 2.05) is 0 Å². The molecule has 0 aliphatic carbocycles. The van der Waals surface area contributed by atoms with Crippen LogP contribution in [0, 0.1) is 0 Å². The van der Waals surface area contributed by atoms with Gasteiger partial charge in [0.1, 0.15) is 60.0 Å². The van der Waals surface area contributed by atoms with E-state index in [-0.39, 0.29) is 30.1 Å². The van der Waals surface area contributed by atoms with E-state index in [9.17, 15) is 45.6 Å². The predicted molar refractivity (Wildman–Crippen MR) is 148 cm³/mol. The van der Waals surface area contributed by atoms with Gasteiger partial charge >= 0.3 is 0 Å². The second kappa shape index (κ2) is 15.3. The molecule has 2 aliphatic rings. The monoisotopic (exact) mass is 608 g/mol. The van der Waals surface area contributed by atoms with Crippen LogP contribution in [0.25, 0.3) is 0 Å². The smallest absolute Gasteiger partial charge is 0.186 e. The molecule has 0 spiro atoms. The second-order valence-electron chi connectivity index (χ2n) is 10.9. The fourth-order valence-electron chi connectivity index (χ4n) is 5.06. The highest BCUT2D eigenvalue weighted by molar-refractivity contribution is 5.79.